The summed E-state index contributed by atoms with van der Waals surface area (Å²) >= 11 is 0. The lowest BCUT2D eigenvalue weighted by Crippen LogP contribution is -2.26. The Balaban J connectivity index is 2.45. The van der Waals surface area contributed by atoms with Crippen molar-refractivity contribution in [3.8, 4) is 0 Å². The van der Waals surface area contributed by atoms with Gasteiger partial charge in [0.25, 0.3) is 0 Å². The van der Waals surface area contributed by atoms with Crippen molar-refractivity contribution in [1.29, 1.82) is 0 Å². The molecule has 0 amide bonds. The molecule has 0 saturated heterocycles. The van der Waals surface area contributed by atoms with E-state index in [9.17, 15) is 0 Å². The van der Waals surface area contributed by atoms with Gasteiger partial charge in [-0.3, -0.25) is 4.68 Å². The van der Waals surface area contributed by atoms with Crippen LogP contribution in [0.15, 0.2) is 6.33 Å². The van der Waals surface area contributed by atoms with Crippen LogP contribution in [0.2, 0.25) is 0 Å². The molecular weight excluding hydrogens is 164 g/mol. The first-order valence-corrected chi connectivity index (χ1v) is 4.68. The number of aryl methyl sites for hydroxylation is 1. The average Bonchev–Trinajstić information content (AvgIpc) is 2.34. The second kappa shape index (κ2) is 4.37. The highest BCUT2D eigenvalue weighted by atomic mass is 15.3. The quantitative estimate of drug-likeness (QED) is 0.747. The summed E-state index contributed by atoms with van der Waals surface area (Å²) in [6.45, 7) is 4.35. The van der Waals surface area contributed by atoms with E-state index in [1.54, 1.807) is 11.0 Å². The number of rotatable bonds is 4. The standard InChI is InChI=1S/C9H18N4/c1-7(2)4-8(10)5-9-11-6-12-13(9)3/h6-8H,4-5,10H2,1-3H3. The van der Waals surface area contributed by atoms with E-state index in [1.165, 1.54) is 0 Å². The molecule has 1 aromatic heterocycles. The van der Waals surface area contributed by atoms with Gasteiger partial charge in [0.15, 0.2) is 0 Å². The third-order valence-corrected chi connectivity index (χ3v) is 2.02. The molecule has 1 aromatic rings. The summed E-state index contributed by atoms with van der Waals surface area (Å²) in [7, 11) is 1.89. The van der Waals surface area contributed by atoms with Gasteiger partial charge in [-0.05, 0) is 12.3 Å². The van der Waals surface area contributed by atoms with Crippen molar-refractivity contribution < 1.29 is 0 Å². The third-order valence-electron chi connectivity index (χ3n) is 2.02. The Morgan fingerprint density at radius 2 is 2.23 bits per heavy atom. The molecule has 13 heavy (non-hydrogen) atoms. The second-order valence-corrected chi connectivity index (χ2v) is 3.89. The van der Waals surface area contributed by atoms with E-state index in [0.717, 1.165) is 18.7 Å². The summed E-state index contributed by atoms with van der Waals surface area (Å²) in [5.41, 5.74) is 5.95. The van der Waals surface area contributed by atoms with Crippen molar-refractivity contribution in [2.75, 3.05) is 0 Å². The van der Waals surface area contributed by atoms with Crippen LogP contribution in [0.25, 0.3) is 0 Å². The molecule has 0 aromatic carbocycles. The zero-order valence-corrected chi connectivity index (χ0v) is 8.57. The molecule has 1 rings (SSSR count). The highest BCUT2D eigenvalue weighted by Crippen LogP contribution is 2.06. The smallest absolute Gasteiger partial charge is 0.138 e. The molecule has 1 unspecified atom stereocenters. The van der Waals surface area contributed by atoms with Crippen LogP contribution < -0.4 is 5.73 Å². The summed E-state index contributed by atoms with van der Waals surface area (Å²) in [4.78, 5) is 4.13. The van der Waals surface area contributed by atoms with Gasteiger partial charge in [0.2, 0.25) is 0 Å². The maximum atomic E-state index is 5.95. The monoisotopic (exact) mass is 182 g/mol. The van der Waals surface area contributed by atoms with Gasteiger partial charge in [0.05, 0.1) is 0 Å². The van der Waals surface area contributed by atoms with E-state index < -0.39 is 0 Å². The predicted octanol–water partition coefficient (Wildman–Crippen LogP) is 0.731. The number of aromatic nitrogens is 3. The minimum Gasteiger partial charge on any atom is -0.327 e. The molecule has 1 atom stereocenters. The van der Waals surface area contributed by atoms with Crippen molar-refractivity contribution in [1.82, 2.24) is 14.8 Å². The topological polar surface area (TPSA) is 56.7 Å². The van der Waals surface area contributed by atoms with Gasteiger partial charge >= 0.3 is 0 Å². The molecule has 0 radical (unpaired) electrons. The molecule has 4 heteroatoms. The van der Waals surface area contributed by atoms with Gasteiger partial charge in [0.1, 0.15) is 12.2 Å². The zero-order chi connectivity index (χ0) is 9.84. The predicted molar refractivity (Wildman–Crippen MR) is 52.1 cm³/mol. The molecule has 0 aliphatic heterocycles. The number of nitrogens with two attached hydrogens (primary N) is 1. The minimum absolute atomic E-state index is 0.197. The highest BCUT2D eigenvalue weighted by molar-refractivity contribution is 4.87. The summed E-state index contributed by atoms with van der Waals surface area (Å²) in [6, 6.07) is 0.197. The maximum Gasteiger partial charge on any atom is 0.138 e. The van der Waals surface area contributed by atoms with E-state index >= 15 is 0 Å². The van der Waals surface area contributed by atoms with Crippen LogP contribution in [-0.4, -0.2) is 20.8 Å². The average molecular weight is 182 g/mol. The van der Waals surface area contributed by atoms with Crippen LogP contribution in [0.3, 0.4) is 0 Å². The summed E-state index contributed by atoms with van der Waals surface area (Å²) in [5.74, 6) is 1.61. The summed E-state index contributed by atoms with van der Waals surface area (Å²) < 4.78 is 1.78. The lowest BCUT2D eigenvalue weighted by Gasteiger charge is -2.12. The second-order valence-electron chi connectivity index (χ2n) is 3.89. The Kier molecular flexibility index (Phi) is 3.42. The Morgan fingerprint density at radius 3 is 2.69 bits per heavy atom. The van der Waals surface area contributed by atoms with Gasteiger partial charge in [-0.15, -0.1) is 0 Å². The number of nitrogens with zero attached hydrogens (tertiary/aromatic N) is 3. The largest absolute Gasteiger partial charge is 0.327 e. The first-order valence-electron chi connectivity index (χ1n) is 4.68. The lowest BCUT2D eigenvalue weighted by molar-refractivity contribution is 0.479. The normalized spacial score (nSPS) is 13.6. The van der Waals surface area contributed by atoms with E-state index in [4.69, 9.17) is 5.73 Å². The molecule has 0 aliphatic rings. The van der Waals surface area contributed by atoms with Crippen LogP contribution in [0, 0.1) is 5.92 Å². The molecular formula is C9H18N4. The van der Waals surface area contributed by atoms with Crippen LogP contribution in [0.1, 0.15) is 26.1 Å². The van der Waals surface area contributed by atoms with Crippen LogP contribution >= 0.6 is 0 Å². The van der Waals surface area contributed by atoms with Gasteiger partial charge in [0, 0.05) is 19.5 Å². The van der Waals surface area contributed by atoms with Crippen molar-refractivity contribution >= 4 is 0 Å². The van der Waals surface area contributed by atoms with E-state index in [1.807, 2.05) is 7.05 Å². The van der Waals surface area contributed by atoms with Gasteiger partial charge < -0.3 is 5.73 Å². The van der Waals surface area contributed by atoms with Crippen LogP contribution in [-0.2, 0) is 13.5 Å². The van der Waals surface area contributed by atoms with E-state index in [2.05, 4.69) is 23.9 Å². The SMILES string of the molecule is CC(C)CC(N)Cc1ncnn1C. The molecule has 4 nitrogen and oxygen atoms in total. The fourth-order valence-electron chi connectivity index (χ4n) is 1.43. The van der Waals surface area contributed by atoms with Crippen LogP contribution in [0.5, 0.6) is 0 Å². The fourth-order valence-corrected chi connectivity index (χ4v) is 1.43. The molecule has 1 heterocycles. The molecule has 0 saturated carbocycles. The fraction of sp³-hybridized carbons (Fsp3) is 0.778. The third kappa shape index (κ3) is 3.14. The Morgan fingerprint density at radius 1 is 1.54 bits per heavy atom. The first-order chi connectivity index (χ1) is 6.09. The van der Waals surface area contributed by atoms with Gasteiger partial charge in [-0.1, -0.05) is 13.8 Å². The van der Waals surface area contributed by atoms with Gasteiger partial charge in [-0.2, -0.15) is 5.10 Å². The van der Waals surface area contributed by atoms with Gasteiger partial charge in [-0.25, -0.2) is 4.98 Å². The van der Waals surface area contributed by atoms with Crippen molar-refractivity contribution in [3.05, 3.63) is 12.2 Å². The zero-order valence-electron chi connectivity index (χ0n) is 8.57. The molecule has 2 N–H and O–H groups in total. The number of hydrogen-bond acceptors (Lipinski definition) is 3. The molecule has 0 fully saturated rings. The molecule has 0 spiro atoms. The Bertz CT molecular complexity index is 254. The van der Waals surface area contributed by atoms with E-state index in [-0.39, 0.29) is 6.04 Å². The Hall–Kier alpha value is -0.900. The Labute approximate surface area is 79.2 Å². The minimum atomic E-state index is 0.197. The maximum absolute atomic E-state index is 5.95. The summed E-state index contributed by atoms with van der Waals surface area (Å²) in [6.07, 6.45) is 3.42. The molecule has 0 aliphatic carbocycles. The van der Waals surface area contributed by atoms with E-state index in [0.29, 0.717) is 5.92 Å². The van der Waals surface area contributed by atoms with Crippen molar-refractivity contribution in [2.24, 2.45) is 18.7 Å². The number of hydrogen-bond donors (Lipinski definition) is 1. The summed E-state index contributed by atoms with van der Waals surface area (Å²) in [5, 5.41) is 4.00. The van der Waals surface area contributed by atoms with Crippen LogP contribution in [0.4, 0.5) is 0 Å². The first kappa shape index (κ1) is 10.2. The van der Waals surface area contributed by atoms with Crippen molar-refractivity contribution in [3.63, 3.8) is 0 Å². The molecule has 74 valence electrons. The lowest BCUT2D eigenvalue weighted by atomic mass is 10.0. The molecule has 0 bridgehead atoms. The highest BCUT2D eigenvalue weighted by Gasteiger charge is 2.09. The van der Waals surface area contributed by atoms with Crippen molar-refractivity contribution in [2.45, 2.75) is 32.7 Å².